The number of carbonyl (C=O) groups is 3. The molecule has 0 fully saturated rings. The van der Waals surface area contributed by atoms with E-state index in [-0.39, 0.29) is 19.3 Å². The lowest BCUT2D eigenvalue weighted by molar-refractivity contribution is -0.140. The second kappa shape index (κ2) is 5.11. The molecule has 0 saturated carbocycles. The summed E-state index contributed by atoms with van der Waals surface area (Å²) in [5.41, 5.74) is 4.79. The highest BCUT2D eigenvalue weighted by molar-refractivity contribution is 5.78. The van der Waals surface area contributed by atoms with Crippen LogP contribution in [0, 0.1) is 0 Å². The molecule has 0 rings (SSSR count). The van der Waals surface area contributed by atoms with Crippen LogP contribution in [0.2, 0.25) is 0 Å². The summed E-state index contributed by atoms with van der Waals surface area (Å²) < 4.78 is 0. The highest BCUT2D eigenvalue weighted by Gasteiger charge is 2.16. The Morgan fingerprint density at radius 2 is 2.17 bits per heavy atom. The Morgan fingerprint density at radius 3 is 2.50 bits per heavy atom. The highest BCUT2D eigenvalue weighted by Crippen LogP contribution is 1.95. The summed E-state index contributed by atoms with van der Waals surface area (Å²) in [5.74, 6) is -1.77. The number of primary amides is 1. The van der Waals surface area contributed by atoms with E-state index >= 15 is 0 Å². The lowest BCUT2D eigenvalue weighted by Crippen LogP contribution is -2.36. The average molecular weight is 174 g/mol. The van der Waals surface area contributed by atoms with Gasteiger partial charge in [0.2, 0.25) is 12.3 Å². The Morgan fingerprint density at radius 1 is 1.58 bits per heavy atom. The van der Waals surface area contributed by atoms with E-state index in [0.717, 1.165) is 0 Å². The van der Waals surface area contributed by atoms with Crippen molar-refractivity contribution in [2.75, 3.05) is 0 Å². The lowest BCUT2D eigenvalue weighted by Gasteiger charge is -2.08. The lowest BCUT2D eigenvalue weighted by atomic mass is 10.1. The van der Waals surface area contributed by atoms with Crippen LogP contribution in [0.5, 0.6) is 0 Å². The molecule has 6 nitrogen and oxygen atoms in total. The Balaban J connectivity index is 3.86. The summed E-state index contributed by atoms with van der Waals surface area (Å²) in [6.45, 7) is 0. The van der Waals surface area contributed by atoms with E-state index in [2.05, 4.69) is 0 Å². The van der Waals surface area contributed by atoms with Crippen molar-refractivity contribution in [3.05, 3.63) is 0 Å². The number of rotatable bonds is 6. The van der Waals surface area contributed by atoms with Crippen LogP contribution in [0.1, 0.15) is 12.8 Å². The van der Waals surface area contributed by atoms with Gasteiger partial charge in [-0.15, -0.1) is 0 Å². The first-order valence-corrected chi connectivity index (χ1v) is 3.28. The molecule has 1 atom stereocenters. The highest BCUT2D eigenvalue weighted by atomic mass is 16.4. The maximum absolute atomic E-state index is 10.3. The van der Waals surface area contributed by atoms with Crippen molar-refractivity contribution >= 4 is 18.3 Å². The van der Waals surface area contributed by atoms with Gasteiger partial charge in [-0.1, -0.05) is 0 Å². The molecule has 0 aromatic heterocycles. The molecule has 6 heteroatoms. The number of amides is 2. The summed E-state index contributed by atoms with van der Waals surface area (Å²) in [5, 5.41) is 10.5. The zero-order valence-corrected chi connectivity index (χ0v) is 6.32. The van der Waals surface area contributed by atoms with Crippen LogP contribution >= 0.6 is 0 Å². The smallest absolute Gasteiger partial charge is 0.326 e. The first-order valence-electron chi connectivity index (χ1n) is 3.28. The fourth-order valence-electron chi connectivity index (χ4n) is 0.647. The molecule has 0 aliphatic heterocycles. The number of aliphatic carboxylic acids is 1. The molecule has 1 unspecified atom stereocenters. The minimum Gasteiger partial charge on any atom is -0.480 e. The zero-order chi connectivity index (χ0) is 9.56. The molecule has 0 aromatic carbocycles. The van der Waals surface area contributed by atoms with Gasteiger partial charge in [0.1, 0.15) is 6.04 Å². The van der Waals surface area contributed by atoms with Crippen LogP contribution in [-0.4, -0.2) is 29.4 Å². The summed E-state index contributed by atoms with van der Waals surface area (Å²) in [7, 11) is 0. The van der Waals surface area contributed by atoms with Gasteiger partial charge in [-0.2, -0.15) is 0 Å². The number of carbonyl (C=O) groups excluding carboxylic acids is 2. The van der Waals surface area contributed by atoms with E-state index < -0.39 is 17.9 Å². The van der Waals surface area contributed by atoms with Crippen LogP contribution < -0.4 is 11.1 Å². The predicted octanol–water partition coefficient (Wildman–Crippen LogP) is -1.55. The number of nitrogens with two attached hydrogens (primary N) is 1. The van der Waals surface area contributed by atoms with Crippen LogP contribution in [0.4, 0.5) is 0 Å². The largest absolute Gasteiger partial charge is 0.480 e. The Kier molecular flexibility index (Phi) is 4.43. The van der Waals surface area contributed by atoms with Gasteiger partial charge in [-0.25, -0.2) is 4.79 Å². The summed E-state index contributed by atoms with van der Waals surface area (Å²) in [6.07, 6.45) is 0.237. The minimum atomic E-state index is -1.18. The SMILES string of the molecule is NC(=O)CCC(NC=O)C(=O)O. The molecule has 0 radical (unpaired) electrons. The maximum Gasteiger partial charge on any atom is 0.326 e. The van der Waals surface area contributed by atoms with Gasteiger partial charge in [0, 0.05) is 6.42 Å². The average Bonchev–Trinajstić information content (AvgIpc) is 1.96. The molecular formula is C6H10N2O4. The van der Waals surface area contributed by atoms with Gasteiger partial charge >= 0.3 is 5.97 Å². The van der Waals surface area contributed by atoms with E-state index in [9.17, 15) is 14.4 Å². The third-order valence-electron chi connectivity index (χ3n) is 1.25. The molecule has 0 saturated heterocycles. The molecule has 4 N–H and O–H groups in total. The second-order valence-corrected chi connectivity index (χ2v) is 2.18. The number of nitrogens with one attached hydrogen (secondary N) is 1. The molecule has 12 heavy (non-hydrogen) atoms. The van der Waals surface area contributed by atoms with Crippen molar-refractivity contribution in [3.8, 4) is 0 Å². The van der Waals surface area contributed by atoms with Crippen LogP contribution in [-0.2, 0) is 14.4 Å². The van der Waals surface area contributed by atoms with E-state index in [0.29, 0.717) is 0 Å². The summed E-state index contributed by atoms with van der Waals surface area (Å²) >= 11 is 0. The van der Waals surface area contributed by atoms with Gasteiger partial charge in [0.15, 0.2) is 0 Å². The van der Waals surface area contributed by atoms with Crippen molar-refractivity contribution in [1.29, 1.82) is 0 Å². The van der Waals surface area contributed by atoms with E-state index in [1.165, 1.54) is 0 Å². The first kappa shape index (κ1) is 10.4. The third kappa shape index (κ3) is 4.26. The minimum absolute atomic E-state index is 0.0173. The van der Waals surface area contributed by atoms with Crippen LogP contribution in [0.3, 0.4) is 0 Å². The second-order valence-electron chi connectivity index (χ2n) is 2.18. The molecule has 0 bridgehead atoms. The quantitative estimate of drug-likeness (QED) is 0.423. The van der Waals surface area contributed by atoms with Gasteiger partial charge in [0.25, 0.3) is 0 Å². The van der Waals surface area contributed by atoms with E-state index in [1.54, 1.807) is 0 Å². The first-order chi connectivity index (χ1) is 5.57. The van der Waals surface area contributed by atoms with Gasteiger partial charge in [0.05, 0.1) is 0 Å². The normalized spacial score (nSPS) is 11.7. The van der Waals surface area contributed by atoms with Crippen molar-refractivity contribution in [2.24, 2.45) is 5.73 Å². The van der Waals surface area contributed by atoms with Crippen LogP contribution in [0.15, 0.2) is 0 Å². The third-order valence-corrected chi connectivity index (χ3v) is 1.25. The van der Waals surface area contributed by atoms with Crippen molar-refractivity contribution < 1.29 is 19.5 Å². The molecule has 0 spiro atoms. The number of hydrogen-bond acceptors (Lipinski definition) is 3. The fraction of sp³-hybridized carbons (Fsp3) is 0.500. The van der Waals surface area contributed by atoms with E-state index in [4.69, 9.17) is 10.8 Å². The molecule has 0 heterocycles. The van der Waals surface area contributed by atoms with Gasteiger partial charge in [-0.3, -0.25) is 9.59 Å². The summed E-state index contributed by atoms with van der Waals surface area (Å²) in [4.78, 5) is 30.4. The van der Waals surface area contributed by atoms with Crippen molar-refractivity contribution in [2.45, 2.75) is 18.9 Å². The molecule has 2 amide bonds. The van der Waals surface area contributed by atoms with Crippen molar-refractivity contribution in [1.82, 2.24) is 5.32 Å². The van der Waals surface area contributed by atoms with Gasteiger partial charge in [-0.05, 0) is 6.42 Å². The van der Waals surface area contributed by atoms with Crippen molar-refractivity contribution in [3.63, 3.8) is 0 Å². The zero-order valence-electron chi connectivity index (χ0n) is 6.32. The predicted molar refractivity (Wildman–Crippen MR) is 39.1 cm³/mol. The number of carboxylic acid groups (broad SMARTS) is 1. The standard InChI is InChI=1S/C6H10N2O4/c7-5(10)2-1-4(6(11)12)8-3-9/h3-4H,1-2H2,(H2,7,10)(H,8,9)(H,11,12). The topological polar surface area (TPSA) is 109 Å². The van der Waals surface area contributed by atoms with Crippen LogP contribution in [0.25, 0.3) is 0 Å². The molecule has 0 aliphatic rings. The Hall–Kier alpha value is -1.59. The Bertz CT molecular complexity index is 192. The summed E-state index contributed by atoms with van der Waals surface area (Å²) in [6, 6.07) is -1.03. The molecule has 0 aromatic rings. The molecular weight excluding hydrogens is 164 g/mol. The molecule has 68 valence electrons. The maximum atomic E-state index is 10.3. The molecule has 0 aliphatic carbocycles. The number of carboxylic acids is 1. The number of hydrogen-bond donors (Lipinski definition) is 3. The Labute approximate surface area is 68.7 Å². The monoisotopic (exact) mass is 174 g/mol. The van der Waals surface area contributed by atoms with Gasteiger partial charge < -0.3 is 16.2 Å². The fourth-order valence-corrected chi connectivity index (χ4v) is 0.647. The van der Waals surface area contributed by atoms with E-state index in [1.807, 2.05) is 5.32 Å².